The van der Waals surface area contributed by atoms with Gasteiger partial charge in [0.2, 0.25) is 10.0 Å². The van der Waals surface area contributed by atoms with Gasteiger partial charge in [0, 0.05) is 19.6 Å². The molecule has 1 saturated carbocycles. The highest BCUT2D eigenvalue weighted by atomic mass is 32.2. The first-order valence-corrected chi connectivity index (χ1v) is 9.34. The third-order valence-corrected chi connectivity index (χ3v) is 6.38. The summed E-state index contributed by atoms with van der Waals surface area (Å²) in [5.74, 6) is -0.853. The SMILES string of the molecule is CCO[C@@H]1C[C@@H](C(=O)O)N(S(=O)(=O)c2ccccc2C2CC2)C1. The summed E-state index contributed by atoms with van der Waals surface area (Å²) in [7, 11) is -3.85. The first-order chi connectivity index (χ1) is 10.9. The molecule has 0 bridgehead atoms. The Morgan fingerprint density at radius 3 is 2.65 bits per heavy atom. The second-order valence-corrected chi connectivity index (χ2v) is 7.91. The molecule has 6 nitrogen and oxygen atoms in total. The summed E-state index contributed by atoms with van der Waals surface area (Å²) in [4.78, 5) is 11.8. The molecule has 1 saturated heterocycles. The number of sulfonamides is 1. The quantitative estimate of drug-likeness (QED) is 0.854. The van der Waals surface area contributed by atoms with Crippen molar-refractivity contribution in [2.45, 2.75) is 49.1 Å². The molecule has 0 spiro atoms. The van der Waals surface area contributed by atoms with Gasteiger partial charge in [0.25, 0.3) is 0 Å². The maximum Gasteiger partial charge on any atom is 0.322 e. The lowest BCUT2D eigenvalue weighted by molar-refractivity contribution is -0.140. The van der Waals surface area contributed by atoms with Crippen molar-refractivity contribution in [2.24, 2.45) is 0 Å². The largest absolute Gasteiger partial charge is 0.480 e. The molecule has 7 heteroatoms. The summed E-state index contributed by atoms with van der Waals surface area (Å²) in [5.41, 5.74) is 0.802. The summed E-state index contributed by atoms with van der Waals surface area (Å²) in [6.45, 7) is 2.34. The molecule has 2 atom stereocenters. The molecule has 0 aromatic heterocycles. The van der Waals surface area contributed by atoms with Crippen molar-refractivity contribution in [3.63, 3.8) is 0 Å². The van der Waals surface area contributed by atoms with Crippen molar-refractivity contribution in [3.8, 4) is 0 Å². The van der Waals surface area contributed by atoms with E-state index in [0.717, 1.165) is 22.7 Å². The number of carboxylic acid groups (broad SMARTS) is 1. The van der Waals surface area contributed by atoms with E-state index in [1.165, 1.54) is 0 Å². The van der Waals surface area contributed by atoms with E-state index < -0.39 is 22.0 Å². The molecule has 23 heavy (non-hydrogen) atoms. The Balaban J connectivity index is 1.96. The van der Waals surface area contributed by atoms with Gasteiger partial charge < -0.3 is 9.84 Å². The van der Waals surface area contributed by atoms with Crippen molar-refractivity contribution in [3.05, 3.63) is 29.8 Å². The number of hydrogen-bond donors (Lipinski definition) is 1. The number of carbonyl (C=O) groups is 1. The van der Waals surface area contributed by atoms with Gasteiger partial charge in [-0.15, -0.1) is 0 Å². The number of ether oxygens (including phenoxy) is 1. The van der Waals surface area contributed by atoms with Crippen molar-refractivity contribution >= 4 is 16.0 Å². The van der Waals surface area contributed by atoms with E-state index in [1.807, 2.05) is 19.1 Å². The number of carboxylic acids is 1. The zero-order chi connectivity index (χ0) is 16.6. The van der Waals surface area contributed by atoms with Crippen molar-refractivity contribution in [2.75, 3.05) is 13.2 Å². The van der Waals surface area contributed by atoms with E-state index in [9.17, 15) is 18.3 Å². The summed E-state index contributed by atoms with van der Waals surface area (Å²) in [6, 6.07) is 5.86. The van der Waals surface area contributed by atoms with Crippen LogP contribution in [0.1, 0.15) is 37.7 Å². The Morgan fingerprint density at radius 1 is 1.35 bits per heavy atom. The normalized spacial score (nSPS) is 25.6. The van der Waals surface area contributed by atoms with Gasteiger partial charge in [0.05, 0.1) is 11.0 Å². The van der Waals surface area contributed by atoms with Crippen molar-refractivity contribution < 1.29 is 23.1 Å². The number of aliphatic carboxylic acids is 1. The summed E-state index contributed by atoms with van der Waals surface area (Å²) in [6.07, 6.45) is 1.78. The molecule has 1 aromatic carbocycles. The molecule has 2 fully saturated rings. The average Bonchev–Trinajstić information content (AvgIpc) is 3.27. The van der Waals surface area contributed by atoms with Gasteiger partial charge >= 0.3 is 5.97 Å². The van der Waals surface area contributed by atoms with Crippen LogP contribution in [0, 0.1) is 0 Å². The lowest BCUT2D eigenvalue weighted by Gasteiger charge is -2.22. The molecule has 0 radical (unpaired) electrons. The fraction of sp³-hybridized carbons (Fsp3) is 0.562. The van der Waals surface area contributed by atoms with Crippen LogP contribution >= 0.6 is 0 Å². The first kappa shape index (κ1) is 16.4. The smallest absolute Gasteiger partial charge is 0.322 e. The van der Waals surface area contributed by atoms with Gasteiger partial charge in [-0.1, -0.05) is 18.2 Å². The minimum absolute atomic E-state index is 0.0894. The number of rotatable bonds is 6. The van der Waals surface area contributed by atoms with E-state index >= 15 is 0 Å². The molecule has 0 unspecified atom stereocenters. The third-order valence-electron chi connectivity index (χ3n) is 4.43. The third kappa shape index (κ3) is 3.13. The van der Waals surface area contributed by atoms with Gasteiger partial charge in [-0.3, -0.25) is 4.79 Å². The van der Waals surface area contributed by atoms with Crippen LogP contribution < -0.4 is 0 Å². The second-order valence-electron chi connectivity index (χ2n) is 6.05. The van der Waals surface area contributed by atoms with E-state index in [4.69, 9.17) is 4.74 Å². The highest BCUT2D eigenvalue weighted by Crippen LogP contribution is 2.43. The lowest BCUT2D eigenvalue weighted by Crippen LogP contribution is -2.40. The molecular weight excluding hydrogens is 318 g/mol. The lowest BCUT2D eigenvalue weighted by atomic mass is 10.1. The predicted molar refractivity (Wildman–Crippen MR) is 83.8 cm³/mol. The summed E-state index contributed by atoms with van der Waals surface area (Å²) in [5, 5.41) is 9.41. The Morgan fingerprint density at radius 2 is 2.04 bits per heavy atom. The van der Waals surface area contributed by atoms with E-state index in [1.54, 1.807) is 12.1 Å². The van der Waals surface area contributed by atoms with Crippen LogP contribution in [0.15, 0.2) is 29.2 Å². The van der Waals surface area contributed by atoms with Gasteiger partial charge in [-0.2, -0.15) is 4.31 Å². The highest BCUT2D eigenvalue weighted by Gasteiger charge is 2.45. The molecule has 0 amide bonds. The van der Waals surface area contributed by atoms with Gasteiger partial charge in [-0.05, 0) is 37.3 Å². The standard InChI is InChI=1S/C16H21NO5S/c1-2-22-12-9-14(16(18)19)17(10-12)23(20,21)15-6-4-3-5-13(15)11-7-8-11/h3-6,11-12,14H,2,7-10H2,1H3,(H,18,19)/t12-,14+/m1/s1. The molecule has 126 valence electrons. The van der Waals surface area contributed by atoms with Crippen LogP contribution in [0.25, 0.3) is 0 Å². The maximum atomic E-state index is 13.1. The summed E-state index contributed by atoms with van der Waals surface area (Å²) < 4.78 is 32.7. The average molecular weight is 339 g/mol. The van der Waals surface area contributed by atoms with Crippen molar-refractivity contribution in [1.82, 2.24) is 4.31 Å². The Bertz CT molecular complexity index is 698. The van der Waals surface area contributed by atoms with Crippen LogP contribution in [0.5, 0.6) is 0 Å². The summed E-state index contributed by atoms with van der Waals surface area (Å²) >= 11 is 0. The second kappa shape index (κ2) is 6.22. The van der Waals surface area contributed by atoms with Crippen LogP contribution in [0.4, 0.5) is 0 Å². The van der Waals surface area contributed by atoms with E-state index in [2.05, 4.69) is 0 Å². The minimum atomic E-state index is -3.85. The van der Waals surface area contributed by atoms with E-state index in [-0.39, 0.29) is 29.9 Å². The molecule has 1 aliphatic heterocycles. The monoisotopic (exact) mass is 339 g/mol. The number of benzene rings is 1. The zero-order valence-corrected chi connectivity index (χ0v) is 13.8. The number of hydrogen-bond acceptors (Lipinski definition) is 4. The molecular formula is C16H21NO5S. The van der Waals surface area contributed by atoms with Crippen LogP contribution in [0.3, 0.4) is 0 Å². The molecule has 1 heterocycles. The molecule has 1 aromatic rings. The molecule has 1 aliphatic carbocycles. The van der Waals surface area contributed by atoms with Gasteiger partial charge in [0.1, 0.15) is 6.04 Å². The van der Waals surface area contributed by atoms with Gasteiger partial charge in [0.15, 0.2) is 0 Å². The fourth-order valence-corrected chi connectivity index (χ4v) is 5.10. The topological polar surface area (TPSA) is 83.9 Å². The maximum absolute atomic E-state index is 13.1. The number of nitrogens with zero attached hydrogens (tertiary/aromatic N) is 1. The molecule has 3 rings (SSSR count). The van der Waals surface area contributed by atoms with Crippen LogP contribution in [-0.2, 0) is 19.6 Å². The minimum Gasteiger partial charge on any atom is -0.480 e. The van der Waals surface area contributed by atoms with E-state index in [0.29, 0.717) is 6.61 Å². The molecule has 2 aliphatic rings. The Labute approximate surface area is 136 Å². The first-order valence-electron chi connectivity index (χ1n) is 7.90. The Hall–Kier alpha value is -1.44. The Kier molecular flexibility index (Phi) is 4.44. The fourth-order valence-electron chi connectivity index (χ4n) is 3.19. The predicted octanol–water partition coefficient (Wildman–Crippen LogP) is 1.82. The van der Waals surface area contributed by atoms with Crippen LogP contribution in [0.2, 0.25) is 0 Å². The van der Waals surface area contributed by atoms with Crippen molar-refractivity contribution in [1.29, 1.82) is 0 Å². The van der Waals surface area contributed by atoms with Gasteiger partial charge in [-0.25, -0.2) is 8.42 Å². The zero-order valence-electron chi connectivity index (χ0n) is 13.0. The highest BCUT2D eigenvalue weighted by molar-refractivity contribution is 7.89. The van der Waals surface area contributed by atoms with Crippen LogP contribution in [-0.4, -0.2) is 49.1 Å². The molecule has 1 N–H and O–H groups in total.